The second-order valence-corrected chi connectivity index (χ2v) is 5.92. The molecule has 0 aliphatic carbocycles. The molecule has 24 heavy (non-hydrogen) atoms. The summed E-state index contributed by atoms with van der Waals surface area (Å²) >= 11 is 0. The standard InChI is InChI=1S/C19H18N2O3/c22-19(6-4-14-3-5-17-18(12-14)24-13-23-17)21-11-1-2-16(21)15-7-9-20-10-8-15/h3-10,12,16H,1-2,11,13H2. The SMILES string of the molecule is O=C(C=Cc1ccc2c(c1)OCO2)N1CCCC1c1ccncc1. The number of carbonyl (C=O) groups excluding carboxylic acids is 1. The number of carbonyl (C=O) groups is 1. The lowest BCUT2D eigenvalue weighted by Gasteiger charge is -2.23. The van der Waals surface area contributed by atoms with Crippen molar-refractivity contribution in [2.24, 2.45) is 0 Å². The highest BCUT2D eigenvalue weighted by atomic mass is 16.7. The van der Waals surface area contributed by atoms with Gasteiger partial charge >= 0.3 is 0 Å². The Balaban J connectivity index is 1.49. The van der Waals surface area contributed by atoms with Gasteiger partial charge in [-0.1, -0.05) is 6.07 Å². The highest BCUT2D eigenvalue weighted by Gasteiger charge is 2.28. The molecule has 2 aliphatic rings. The van der Waals surface area contributed by atoms with Crippen molar-refractivity contribution in [3.63, 3.8) is 0 Å². The third-order valence-electron chi connectivity index (χ3n) is 4.44. The Hall–Kier alpha value is -2.82. The lowest BCUT2D eigenvalue weighted by molar-refractivity contribution is -0.126. The van der Waals surface area contributed by atoms with E-state index in [-0.39, 0.29) is 18.7 Å². The molecule has 0 radical (unpaired) electrons. The summed E-state index contributed by atoms with van der Waals surface area (Å²) in [6.45, 7) is 1.04. The maximum absolute atomic E-state index is 12.6. The van der Waals surface area contributed by atoms with Crippen LogP contribution in [0.25, 0.3) is 6.08 Å². The lowest BCUT2D eigenvalue weighted by atomic mass is 10.1. The fourth-order valence-corrected chi connectivity index (χ4v) is 3.24. The molecule has 3 heterocycles. The van der Waals surface area contributed by atoms with Crippen LogP contribution >= 0.6 is 0 Å². The Kier molecular flexibility index (Phi) is 3.91. The van der Waals surface area contributed by atoms with Crippen molar-refractivity contribution < 1.29 is 14.3 Å². The van der Waals surface area contributed by atoms with E-state index in [4.69, 9.17) is 9.47 Å². The number of likely N-dealkylation sites (tertiary alicyclic amines) is 1. The van der Waals surface area contributed by atoms with Crippen molar-refractivity contribution in [3.8, 4) is 11.5 Å². The van der Waals surface area contributed by atoms with Crippen molar-refractivity contribution >= 4 is 12.0 Å². The first-order chi connectivity index (χ1) is 11.8. The van der Waals surface area contributed by atoms with Crippen molar-refractivity contribution in [1.82, 2.24) is 9.88 Å². The molecule has 4 rings (SSSR count). The Morgan fingerprint density at radius 3 is 2.88 bits per heavy atom. The molecule has 1 unspecified atom stereocenters. The molecule has 5 heteroatoms. The molecule has 0 spiro atoms. The van der Waals surface area contributed by atoms with Gasteiger partial charge in [-0.3, -0.25) is 9.78 Å². The zero-order valence-electron chi connectivity index (χ0n) is 13.2. The highest BCUT2D eigenvalue weighted by molar-refractivity contribution is 5.92. The summed E-state index contributed by atoms with van der Waals surface area (Å²) in [5.74, 6) is 1.50. The van der Waals surface area contributed by atoms with E-state index in [0.29, 0.717) is 0 Å². The average Bonchev–Trinajstić information content (AvgIpc) is 3.29. The summed E-state index contributed by atoms with van der Waals surface area (Å²) in [5, 5.41) is 0. The first-order valence-electron chi connectivity index (χ1n) is 8.09. The predicted octanol–water partition coefficient (Wildman–Crippen LogP) is 3.19. The van der Waals surface area contributed by atoms with Crippen LogP contribution in [0.5, 0.6) is 11.5 Å². The highest BCUT2D eigenvalue weighted by Crippen LogP contribution is 2.34. The Bertz CT molecular complexity index is 773. The third-order valence-corrected chi connectivity index (χ3v) is 4.44. The van der Waals surface area contributed by atoms with Gasteiger partial charge in [-0.25, -0.2) is 0 Å². The van der Waals surface area contributed by atoms with Gasteiger partial charge in [0.05, 0.1) is 6.04 Å². The van der Waals surface area contributed by atoms with Crippen LogP contribution in [0.3, 0.4) is 0 Å². The predicted molar refractivity (Wildman–Crippen MR) is 89.5 cm³/mol. The molecule has 2 aliphatic heterocycles. The van der Waals surface area contributed by atoms with Crippen LogP contribution in [-0.4, -0.2) is 29.1 Å². The van der Waals surface area contributed by atoms with Gasteiger partial charge < -0.3 is 14.4 Å². The molecule has 5 nitrogen and oxygen atoms in total. The van der Waals surface area contributed by atoms with Crippen LogP contribution < -0.4 is 9.47 Å². The maximum Gasteiger partial charge on any atom is 0.247 e. The summed E-state index contributed by atoms with van der Waals surface area (Å²) < 4.78 is 10.7. The normalized spacial score (nSPS) is 19.2. The van der Waals surface area contributed by atoms with Gasteiger partial charge in [-0.2, -0.15) is 0 Å². The fourth-order valence-electron chi connectivity index (χ4n) is 3.24. The third kappa shape index (κ3) is 2.85. The van der Waals surface area contributed by atoms with E-state index >= 15 is 0 Å². The van der Waals surface area contributed by atoms with Gasteiger partial charge in [0.15, 0.2) is 11.5 Å². The molecule has 0 N–H and O–H groups in total. The monoisotopic (exact) mass is 322 g/mol. The molecular weight excluding hydrogens is 304 g/mol. The van der Waals surface area contributed by atoms with Gasteiger partial charge in [0.1, 0.15) is 0 Å². The summed E-state index contributed by atoms with van der Waals surface area (Å²) in [5.41, 5.74) is 2.07. The van der Waals surface area contributed by atoms with Crippen LogP contribution in [0.15, 0.2) is 48.8 Å². The second kappa shape index (κ2) is 6.35. The smallest absolute Gasteiger partial charge is 0.247 e. The number of fused-ring (bicyclic) bond motifs is 1. The first-order valence-corrected chi connectivity index (χ1v) is 8.09. The van der Waals surface area contributed by atoms with Gasteiger partial charge in [0, 0.05) is 25.0 Å². The number of hydrogen-bond donors (Lipinski definition) is 0. The minimum Gasteiger partial charge on any atom is -0.454 e. The molecule has 1 amide bonds. The minimum absolute atomic E-state index is 0.0342. The van der Waals surface area contributed by atoms with E-state index in [1.54, 1.807) is 18.5 Å². The van der Waals surface area contributed by atoms with Crippen molar-refractivity contribution in [1.29, 1.82) is 0 Å². The molecule has 0 saturated carbocycles. The van der Waals surface area contributed by atoms with E-state index < -0.39 is 0 Å². The molecule has 2 aromatic rings. The number of benzene rings is 1. The number of pyridine rings is 1. The Morgan fingerprint density at radius 2 is 2.00 bits per heavy atom. The molecule has 1 aromatic carbocycles. The average molecular weight is 322 g/mol. The molecule has 122 valence electrons. The van der Waals surface area contributed by atoms with Crippen molar-refractivity contribution in [2.45, 2.75) is 18.9 Å². The maximum atomic E-state index is 12.6. The molecule has 1 aromatic heterocycles. The summed E-state index contributed by atoms with van der Waals surface area (Å²) in [4.78, 5) is 18.6. The first kappa shape index (κ1) is 14.8. The number of nitrogens with zero attached hydrogens (tertiary/aromatic N) is 2. The van der Waals surface area contributed by atoms with Crippen molar-refractivity contribution in [3.05, 3.63) is 59.9 Å². The topological polar surface area (TPSA) is 51.7 Å². The van der Waals surface area contributed by atoms with Crippen LogP contribution in [-0.2, 0) is 4.79 Å². The van der Waals surface area contributed by atoms with Crippen LogP contribution in [0.2, 0.25) is 0 Å². The lowest BCUT2D eigenvalue weighted by Crippen LogP contribution is -2.28. The summed E-state index contributed by atoms with van der Waals surface area (Å²) in [6.07, 6.45) is 9.03. The van der Waals surface area contributed by atoms with E-state index in [1.807, 2.05) is 41.3 Å². The molecule has 0 bridgehead atoms. The summed E-state index contributed by atoms with van der Waals surface area (Å²) in [6, 6.07) is 9.78. The molecule has 1 atom stereocenters. The number of rotatable bonds is 3. The zero-order valence-corrected chi connectivity index (χ0v) is 13.2. The van der Waals surface area contributed by atoms with Gasteiger partial charge in [-0.05, 0) is 54.3 Å². The quantitative estimate of drug-likeness (QED) is 0.814. The van der Waals surface area contributed by atoms with E-state index in [1.165, 1.54) is 0 Å². The van der Waals surface area contributed by atoms with Gasteiger partial charge in [-0.15, -0.1) is 0 Å². The molecule has 1 saturated heterocycles. The largest absolute Gasteiger partial charge is 0.454 e. The summed E-state index contributed by atoms with van der Waals surface area (Å²) in [7, 11) is 0. The number of amides is 1. The van der Waals surface area contributed by atoms with Crippen LogP contribution in [0, 0.1) is 0 Å². The van der Waals surface area contributed by atoms with Crippen LogP contribution in [0.4, 0.5) is 0 Å². The van der Waals surface area contributed by atoms with Crippen LogP contribution in [0.1, 0.15) is 30.0 Å². The molecular formula is C19H18N2O3. The second-order valence-electron chi connectivity index (χ2n) is 5.92. The Morgan fingerprint density at radius 1 is 1.17 bits per heavy atom. The zero-order chi connectivity index (χ0) is 16.4. The number of ether oxygens (including phenoxy) is 2. The van der Waals surface area contributed by atoms with Gasteiger partial charge in [0.25, 0.3) is 0 Å². The van der Waals surface area contributed by atoms with E-state index in [0.717, 1.165) is 42.0 Å². The van der Waals surface area contributed by atoms with E-state index in [9.17, 15) is 4.79 Å². The van der Waals surface area contributed by atoms with Gasteiger partial charge in [0.2, 0.25) is 12.7 Å². The fraction of sp³-hybridized carbons (Fsp3) is 0.263. The van der Waals surface area contributed by atoms with Crippen molar-refractivity contribution in [2.75, 3.05) is 13.3 Å². The number of hydrogen-bond acceptors (Lipinski definition) is 4. The molecule has 1 fully saturated rings. The number of aromatic nitrogens is 1. The van der Waals surface area contributed by atoms with E-state index in [2.05, 4.69) is 4.98 Å². The Labute approximate surface area is 140 Å². The minimum atomic E-state index is 0.0342.